The number of terminal acetylenes is 1. The molecule has 0 bridgehead atoms. The Bertz CT molecular complexity index is 1900. The first-order chi connectivity index (χ1) is 21.8. The third kappa shape index (κ3) is 6.15. The first kappa shape index (κ1) is 30.0. The van der Waals surface area contributed by atoms with E-state index in [-0.39, 0.29) is 41.3 Å². The first-order valence-corrected chi connectivity index (χ1v) is 15.7. The van der Waals surface area contributed by atoms with Crippen LogP contribution in [0.1, 0.15) is 23.2 Å². The highest BCUT2D eigenvalue weighted by Gasteiger charge is 2.28. The summed E-state index contributed by atoms with van der Waals surface area (Å²) in [6.07, 6.45) is 7.11. The van der Waals surface area contributed by atoms with Crippen molar-refractivity contribution in [2.75, 3.05) is 44.6 Å². The van der Waals surface area contributed by atoms with Crippen molar-refractivity contribution in [3.63, 3.8) is 0 Å². The van der Waals surface area contributed by atoms with Gasteiger partial charge in [-0.3, -0.25) is 19.0 Å². The Morgan fingerprint density at radius 2 is 1.93 bits per heavy atom. The lowest BCUT2D eigenvalue weighted by atomic mass is 10.1. The number of carbonyl (C=O) groups is 2. The van der Waals surface area contributed by atoms with Gasteiger partial charge in [0.15, 0.2) is 11.4 Å². The normalized spacial score (nSPS) is 14.7. The lowest BCUT2D eigenvalue weighted by molar-refractivity contribution is -0.132. The topological polar surface area (TPSA) is 161 Å². The molecule has 2 aliphatic heterocycles. The number of carbonyl (C=O) groups excluding carboxylic acids is 2. The molecule has 0 aliphatic carbocycles. The molecule has 2 aromatic heterocycles. The van der Waals surface area contributed by atoms with Crippen LogP contribution >= 0.6 is 0 Å². The molecule has 0 atom stereocenters. The summed E-state index contributed by atoms with van der Waals surface area (Å²) in [5, 5.41) is 12.0. The van der Waals surface area contributed by atoms with Crippen LogP contribution in [0, 0.1) is 12.3 Å². The summed E-state index contributed by atoms with van der Waals surface area (Å²) in [6, 6.07) is 9.65. The fraction of sp³-hybridized carbons (Fsp3) is 0.333. The van der Waals surface area contributed by atoms with Gasteiger partial charge in [-0.05, 0) is 35.7 Å². The molecule has 4 aromatic rings. The quantitative estimate of drug-likeness (QED) is 0.245. The molecule has 0 saturated carbocycles. The van der Waals surface area contributed by atoms with Gasteiger partial charge < -0.3 is 29.1 Å². The average Bonchev–Trinajstić information content (AvgIpc) is 3.76. The highest BCUT2D eigenvalue weighted by atomic mass is 32.2. The van der Waals surface area contributed by atoms with Crippen LogP contribution in [0.15, 0.2) is 52.0 Å². The monoisotopic (exact) mass is 633 g/mol. The van der Waals surface area contributed by atoms with Crippen molar-refractivity contribution in [3.8, 4) is 23.8 Å². The molecule has 0 unspecified atom stereocenters. The molecule has 2 amide bonds. The Hall–Kier alpha value is -5.07. The molecule has 14 nitrogen and oxygen atoms in total. The number of fused-ring (bicyclic) bond motifs is 2. The number of nitrogens with one attached hydrogen (secondary N) is 2. The van der Waals surface area contributed by atoms with Crippen LogP contribution < -0.4 is 19.5 Å². The summed E-state index contributed by atoms with van der Waals surface area (Å²) in [4.78, 5) is 27.7. The van der Waals surface area contributed by atoms with Crippen LogP contribution in [0.25, 0.3) is 11.0 Å². The molecule has 1 fully saturated rings. The van der Waals surface area contributed by atoms with Crippen molar-refractivity contribution in [3.05, 3.63) is 59.4 Å². The Balaban J connectivity index is 1.18. The van der Waals surface area contributed by atoms with E-state index in [0.717, 1.165) is 29.9 Å². The van der Waals surface area contributed by atoms with E-state index in [9.17, 15) is 18.0 Å². The predicted octanol–water partition coefficient (Wildman–Crippen LogP) is 1.56. The molecule has 4 heterocycles. The summed E-state index contributed by atoms with van der Waals surface area (Å²) in [5.41, 5.74) is 2.84. The number of aromatic nitrogens is 3. The number of ether oxygens (including phenoxy) is 2. The number of rotatable bonds is 10. The van der Waals surface area contributed by atoms with Gasteiger partial charge in [-0.2, -0.15) is 5.10 Å². The zero-order valence-electron chi connectivity index (χ0n) is 24.5. The van der Waals surface area contributed by atoms with Crippen molar-refractivity contribution >= 4 is 38.6 Å². The molecule has 2 aromatic carbocycles. The average molecular weight is 634 g/mol. The van der Waals surface area contributed by atoms with Gasteiger partial charge in [0.25, 0.3) is 15.9 Å². The van der Waals surface area contributed by atoms with Gasteiger partial charge in [0.2, 0.25) is 5.91 Å². The number of methoxy groups -OCH3 is 1. The molecule has 15 heteroatoms. The fourth-order valence-electron chi connectivity index (χ4n) is 5.46. The molecular formula is C30H31N7O7S. The van der Waals surface area contributed by atoms with Crippen molar-refractivity contribution in [1.29, 1.82) is 0 Å². The maximum atomic E-state index is 13.5. The standard InChI is InChI=1S/C30H31N7O7S/c1-3-27(38)36-18-21-16-32-37(22(21)19-36)17-20-14-24(42-2)29-25(15-20)44-33-30(29)34-45(40,41)26-7-5-4-6-23(26)43-13-8-28(39)35-11-9-31-10-12-35/h1,4-7,14-16,31H,8-13,17-19H2,2H3,(H,33,34). The summed E-state index contributed by atoms with van der Waals surface area (Å²) in [6.45, 7) is 3.85. The second-order valence-electron chi connectivity index (χ2n) is 10.6. The van der Waals surface area contributed by atoms with Gasteiger partial charge >= 0.3 is 0 Å². The molecule has 45 heavy (non-hydrogen) atoms. The number of hydrogen-bond acceptors (Lipinski definition) is 10. The fourth-order valence-corrected chi connectivity index (χ4v) is 6.61. The number of hydrogen-bond donors (Lipinski definition) is 2. The highest BCUT2D eigenvalue weighted by Crippen LogP contribution is 2.36. The third-order valence-electron chi connectivity index (χ3n) is 7.71. The molecule has 0 radical (unpaired) electrons. The number of amides is 2. The first-order valence-electron chi connectivity index (χ1n) is 14.3. The summed E-state index contributed by atoms with van der Waals surface area (Å²) >= 11 is 0. The smallest absolute Gasteiger partial charge is 0.298 e. The number of nitrogens with zero attached hydrogens (tertiary/aromatic N) is 5. The van der Waals surface area contributed by atoms with Gasteiger partial charge in [0, 0.05) is 31.7 Å². The Kier molecular flexibility index (Phi) is 8.33. The SMILES string of the molecule is C#CC(=O)N1Cc2cnn(Cc3cc(OC)c4c(NS(=O)(=O)c5ccccc5OCCC(=O)N5CCNCC5)noc4c3)c2C1. The van der Waals surface area contributed by atoms with E-state index in [1.165, 1.54) is 19.2 Å². The Morgan fingerprint density at radius 1 is 1.13 bits per heavy atom. The van der Waals surface area contributed by atoms with E-state index < -0.39 is 10.0 Å². The van der Waals surface area contributed by atoms with Crippen molar-refractivity contribution < 1.29 is 32.0 Å². The zero-order chi connectivity index (χ0) is 31.6. The maximum absolute atomic E-state index is 13.5. The number of benzene rings is 2. The predicted molar refractivity (Wildman–Crippen MR) is 162 cm³/mol. The minimum atomic E-state index is -4.19. The van der Waals surface area contributed by atoms with Crippen molar-refractivity contribution in [2.45, 2.75) is 31.0 Å². The van der Waals surface area contributed by atoms with E-state index in [2.05, 4.69) is 26.2 Å². The number of sulfonamides is 1. The van der Waals surface area contributed by atoms with Gasteiger partial charge in [-0.25, -0.2) is 8.42 Å². The maximum Gasteiger partial charge on any atom is 0.298 e. The lowest BCUT2D eigenvalue weighted by Crippen LogP contribution is -2.46. The molecule has 234 valence electrons. The molecule has 0 spiro atoms. The van der Waals surface area contributed by atoms with Gasteiger partial charge in [-0.15, -0.1) is 6.42 Å². The van der Waals surface area contributed by atoms with Crippen molar-refractivity contribution in [1.82, 2.24) is 30.1 Å². The highest BCUT2D eigenvalue weighted by molar-refractivity contribution is 7.92. The van der Waals surface area contributed by atoms with Crippen LogP contribution in [0.5, 0.6) is 11.5 Å². The zero-order valence-corrected chi connectivity index (χ0v) is 25.3. The van der Waals surface area contributed by atoms with Crippen LogP contribution in [0.2, 0.25) is 0 Å². The van der Waals surface area contributed by atoms with E-state index in [1.807, 2.05) is 0 Å². The van der Waals surface area contributed by atoms with Gasteiger partial charge in [-0.1, -0.05) is 17.3 Å². The summed E-state index contributed by atoms with van der Waals surface area (Å²) < 4.78 is 48.3. The molecule has 6 rings (SSSR count). The molecule has 2 N–H and O–H groups in total. The minimum Gasteiger partial charge on any atom is -0.496 e. The number of anilines is 1. The minimum absolute atomic E-state index is 0.0243. The van der Waals surface area contributed by atoms with Gasteiger partial charge in [0.05, 0.1) is 51.7 Å². The summed E-state index contributed by atoms with van der Waals surface area (Å²) in [5.74, 6) is 2.10. The Labute approximate surface area is 259 Å². The third-order valence-corrected chi connectivity index (χ3v) is 9.09. The van der Waals surface area contributed by atoms with Crippen LogP contribution in [-0.4, -0.2) is 84.9 Å². The van der Waals surface area contributed by atoms with Gasteiger partial charge in [0.1, 0.15) is 21.8 Å². The van der Waals surface area contributed by atoms with E-state index in [4.69, 9.17) is 20.4 Å². The summed E-state index contributed by atoms with van der Waals surface area (Å²) in [7, 11) is -2.73. The van der Waals surface area contributed by atoms with Crippen LogP contribution in [0.4, 0.5) is 5.82 Å². The van der Waals surface area contributed by atoms with Crippen molar-refractivity contribution in [2.24, 2.45) is 0 Å². The lowest BCUT2D eigenvalue weighted by Gasteiger charge is -2.27. The van der Waals surface area contributed by atoms with E-state index >= 15 is 0 Å². The Morgan fingerprint density at radius 3 is 2.71 bits per heavy atom. The van der Waals surface area contributed by atoms with Crippen LogP contribution in [0.3, 0.4) is 0 Å². The second kappa shape index (κ2) is 12.5. The molecule has 1 saturated heterocycles. The van der Waals surface area contributed by atoms with E-state index in [0.29, 0.717) is 49.4 Å². The molecular weight excluding hydrogens is 602 g/mol. The largest absolute Gasteiger partial charge is 0.496 e. The number of para-hydroxylation sites is 1. The van der Waals surface area contributed by atoms with Crippen LogP contribution in [-0.2, 0) is 39.2 Å². The molecule has 2 aliphatic rings. The second-order valence-corrected chi connectivity index (χ2v) is 12.2. The number of piperazine rings is 1. The van der Waals surface area contributed by atoms with E-state index in [1.54, 1.807) is 44.9 Å².